The van der Waals surface area contributed by atoms with E-state index in [0.29, 0.717) is 27.6 Å². The number of nitrogens with zero attached hydrogens (tertiary/aromatic N) is 1. The van der Waals surface area contributed by atoms with Gasteiger partial charge in [0.05, 0.1) is 31.9 Å². The van der Waals surface area contributed by atoms with Crippen molar-refractivity contribution in [2.75, 3.05) is 20.8 Å². The van der Waals surface area contributed by atoms with Gasteiger partial charge in [-0.05, 0) is 48.9 Å². The molecular formula is C22H22ClNO6. The van der Waals surface area contributed by atoms with E-state index in [1.807, 2.05) is 0 Å². The van der Waals surface area contributed by atoms with Crippen LogP contribution in [-0.4, -0.2) is 53.7 Å². The lowest BCUT2D eigenvalue weighted by Crippen LogP contribution is -2.35. The van der Waals surface area contributed by atoms with Crippen molar-refractivity contribution in [2.24, 2.45) is 0 Å². The molecule has 1 saturated heterocycles. The Morgan fingerprint density at radius 2 is 1.73 bits per heavy atom. The highest BCUT2D eigenvalue weighted by Gasteiger charge is 2.46. The van der Waals surface area contributed by atoms with E-state index in [1.165, 1.54) is 26.0 Å². The number of ether oxygens (including phenoxy) is 2. The van der Waals surface area contributed by atoms with Gasteiger partial charge in [0.15, 0.2) is 11.5 Å². The number of likely N-dealkylation sites (tertiary alicyclic amines) is 1. The van der Waals surface area contributed by atoms with Gasteiger partial charge in [0, 0.05) is 17.1 Å². The van der Waals surface area contributed by atoms with Crippen molar-refractivity contribution >= 4 is 29.1 Å². The van der Waals surface area contributed by atoms with Crippen LogP contribution in [0.1, 0.15) is 24.1 Å². The summed E-state index contributed by atoms with van der Waals surface area (Å²) in [7, 11) is 2.97. The number of Topliss-reactive ketones (excluding diaryl/α,β-unsaturated/α-hetero) is 1. The van der Waals surface area contributed by atoms with Crippen molar-refractivity contribution in [1.82, 2.24) is 4.90 Å². The van der Waals surface area contributed by atoms with Gasteiger partial charge in [-0.25, -0.2) is 0 Å². The van der Waals surface area contributed by atoms with Crippen LogP contribution < -0.4 is 9.47 Å². The number of hydrogen-bond donors (Lipinski definition) is 2. The van der Waals surface area contributed by atoms with E-state index in [2.05, 4.69) is 0 Å². The minimum Gasteiger partial charge on any atom is -0.507 e. The van der Waals surface area contributed by atoms with Gasteiger partial charge < -0.3 is 24.6 Å². The third-order valence-electron chi connectivity index (χ3n) is 4.84. The second kappa shape index (κ2) is 8.77. The van der Waals surface area contributed by atoms with Crippen molar-refractivity contribution in [3.8, 4) is 11.5 Å². The Bertz CT molecular complexity index is 999. The highest BCUT2D eigenvalue weighted by molar-refractivity contribution is 6.46. The molecule has 158 valence electrons. The monoisotopic (exact) mass is 431 g/mol. The maximum atomic E-state index is 12.9. The summed E-state index contributed by atoms with van der Waals surface area (Å²) in [5, 5.41) is 21.3. The molecule has 0 aliphatic carbocycles. The number of carbonyl (C=O) groups is 2. The number of hydrogen-bond acceptors (Lipinski definition) is 6. The van der Waals surface area contributed by atoms with Gasteiger partial charge in [0.2, 0.25) is 0 Å². The Balaban J connectivity index is 2.21. The first-order valence-corrected chi connectivity index (χ1v) is 9.60. The van der Waals surface area contributed by atoms with Crippen LogP contribution in [0.3, 0.4) is 0 Å². The summed E-state index contributed by atoms with van der Waals surface area (Å²) in [6.45, 7) is 1.44. The number of carbonyl (C=O) groups excluding carboxylic acids is 2. The van der Waals surface area contributed by atoms with Crippen LogP contribution in [-0.2, 0) is 9.59 Å². The number of aliphatic hydroxyl groups is 2. The molecule has 2 aromatic rings. The van der Waals surface area contributed by atoms with E-state index >= 15 is 0 Å². The molecule has 1 aliphatic rings. The van der Waals surface area contributed by atoms with Crippen LogP contribution in [0.25, 0.3) is 5.76 Å². The summed E-state index contributed by atoms with van der Waals surface area (Å²) in [6, 6.07) is 10.3. The van der Waals surface area contributed by atoms with Gasteiger partial charge in [0.25, 0.3) is 11.7 Å². The molecule has 1 aliphatic heterocycles. The maximum Gasteiger partial charge on any atom is 0.295 e. The Hall–Kier alpha value is -3.03. The van der Waals surface area contributed by atoms with Crippen LogP contribution in [0.15, 0.2) is 48.0 Å². The molecule has 8 heteroatoms. The lowest BCUT2D eigenvalue weighted by molar-refractivity contribution is -0.140. The Kier molecular flexibility index (Phi) is 6.34. The third-order valence-corrected chi connectivity index (χ3v) is 5.09. The molecule has 0 aromatic heterocycles. The van der Waals surface area contributed by atoms with Crippen molar-refractivity contribution in [1.29, 1.82) is 0 Å². The molecule has 3 rings (SSSR count). The van der Waals surface area contributed by atoms with Crippen molar-refractivity contribution in [3.63, 3.8) is 0 Å². The number of aliphatic hydroxyl groups excluding tert-OH is 2. The van der Waals surface area contributed by atoms with Crippen molar-refractivity contribution < 1.29 is 29.3 Å². The predicted molar refractivity (Wildman–Crippen MR) is 112 cm³/mol. The molecule has 2 aromatic carbocycles. The average molecular weight is 432 g/mol. The first-order valence-electron chi connectivity index (χ1n) is 9.22. The number of β-amino-alcohol motifs (C(OH)–C–C–N with tert-alkyl or cyclic N) is 1. The number of ketones is 1. The van der Waals surface area contributed by atoms with Gasteiger partial charge in [-0.1, -0.05) is 17.7 Å². The number of methoxy groups -OCH3 is 2. The molecule has 30 heavy (non-hydrogen) atoms. The second-order valence-electron chi connectivity index (χ2n) is 6.92. The zero-order valence-electron chi connectivity index (χ0n) is 16.8. The Labute approximate surface area is 179 Å². The fourth-order valence-corrected chi connectivity index (χ4v) is 3.61. The van der Waals surface area contributed by atoms with E-state index in [0.717, 1.165) is 0 Å². The molecule has 2 N–H and O–H groups in total. The van der Waals surface area contributed by atoms with Crippen LogP contribution >= 0.6 is 11.6 Å². The van der Waals surface area contributed by atoms with Crippen LogP contribution in [0, 0.1) is 0 Å². The summed E-state index contributed by atoms with van der Waals surface area (Å²) in [5.41, 5.74) is 0.804. The van der Waals surface area contributed by atoms with E-state index in [4.69, 9.17) is 21.1 Å². The third kappa shape index (κ3) is 3.99. The first-order chi connectivity index (χ1) is 14.3. The summed E-state index contributed by atoms with van der Waals surface area (Å²) in [4.78, 5) is 26.9. The van der Waals surface area contributed by atoms with Gasteiger partial charge >= 0.3 is 0 Å². The molecule has 1 amide bonds. The van der Waals surface area contributed by atoms with Crippen LogP contribution in [0.5, 0.6) is 11.5 Å². The minimum absolute atomic E-state index is 0.0739. The molecular weight excluding hydrogens is 410 g/mol. The minimum atomic E-state index is -0.907. The van der Waals surface area contributed by atoms with E-state index < -0.39 is 23.8 Å². The Morgan fingerprint density at radius 1 is 1.10 bits per heavy atom. The molecule has 1 heterocycles. The highest BCUT2D eigenvalue weighted by atomic mass is 35.5. The SMILES string of the molecule is COc1ccc([C@H]2C(=C(O)c3ccc(Cl)cc3)C(=O)C(=O)N2C[C@@H](C)O)cc1OC. The molecule has 0 unspecified atom stereocenters. The number of rotatable bonds is 6. The fraction of sp³-hybridized carbons (Fsp3) is 0.273. The topological polar surface area (TPSA) is 96.3 Å². The molecule has 1 fully saturated rings. The zero-order chi connectivity index (χ0) is 22.0. The van der Waals surface area contributed by atoms with E-state index in [1.54, 1.807) is 42.5 Å². The molecule has 0 bridgehead atoms. The summed E-state index contributed by atoms with van der Waals surface area (Å²) in [6.07, 6.45) is -0.874. The number of amides is 1. The zero-order valence-corrected chi connectivity index (χ0v) is 17.5. The lowest BCUT2D eigenvalue weighted by atomic mass is 9.95. The number of halogens is 1. The first kappa shape index (κ1) is 21.7. The molecule has 0 saturated carbocycles. The van der Waals surface area contributed by atoms with E-state index in [-0.39, 0.29) is 17.9 Å². The standard InChI is InChI=1S/C22H22ClNO6/c1-12(25)11-24-19(14-6-9-16(29-2)17(10-14)30-3)18(21(27)22(24)28)20(26)13-4-7-15(23)8-5-13/h4-10,12,19,25-26H,11H2,1-3H3/t12-,19+/m1/s1. The largest absolute Gasteiger partial charge is 0.507 e. The van der Waals surface area contributed by atoms with Crippen molar-refractivity contribution in [2.45, 2.75) is 19.1 Å². The number of benzene rings is 2. The van der Waals surface area contributed by atoms with Gasteiger partial charge in [-0.2, -0.15) is 0 Å². The van der Waals surface area contributed by atoms with E-state index in [9.17, 15) is 19.8 Å². The van der Waals surface area contributed by atoms with Crippen molar-refractivity contribution in [3.05, 3.63) is 64.2 Å². The summed E-state index contributed by atoms with van der Waals surface area (Å²) in [5.74, 6) is -1.07. The smallest absolute Gasteiger partial charge is 0.295 e. The average Bonchev–Trinajstić information content (AvgIpc) is 2.97. The Morgan fingerprint density at radius 3 is 2.30 bits per heavy atom. The van der Waals surface area contributed by atoms with Crippen LogP contribution in [0.2, 0.25) is 5.02 Å². The molecule has 0 radical (unpaired) electrons. The molecule has 7 nitrogen and oxygen atoms in total. The van der Waals surface area contributed by atoms with Gasteiger partial charge in [0.1, 0.15) is 5.76 Å². The fourth-order valence-electron chi connectivity index (χ4n) is 3.49. The lowest BCUT2D eigenvalue weighted by Gasteiger charge is -2.27. The normalized spacial score (nSPS) is 19.1. The quantitative estimate of drug-likeness (QED) is 0.414. The highest BCUT2D eigenvalue weighted by Crippen LogP contribution is 2.42. The van der Waals surface area contributed by atoms with Gasteiger partial charge in [-0.15, -0.1) is 0 Å². The van der Waals surface area contributed by atoms with Crippen LogP contribution in [0.4, 0.5) is 0 Å². The molecule has 2 atom stereocenters. The predicted octanol–water partition coefficient (Wildman–Crippen LogP) is 3.16. The second-order valence-corrected chi connectivity index (χ2v) is 7.36. The molecule has 0 spiro atoms. The maximum absolute atomic E-state index is 12.9. The summed E-state index contributed by atoms with van der Waals surface area (Å²) < 4.78 is 10.6. The summed E-state index contributed by atoms with van der Waals surface area (Å²) >= 11 is 5.91. The van der Waals surface area contributed by atoms with Gasteiger partial charge in [-0.3, -0.25) is 9.59 Å².